The van der Waals surface area contributed by atoms with Crippen LogP contribution in [0.25, 0.3) is 4.85 Å². The van der Waals surface area contributed by atoms with Gasteiger partial charge < -0.3 is 14.8 Å². The van der Waals surface area contributed by atoms with E-state index in [1.807, 2.05) is 0 Å². The molecule has 0 aromatic heterocycles. The highest BCUT2D eigenvalue weighted by Crippen LogP contribution is 2.47. The minimum absolute atomic E-state index is 0.0733. The van der Waals surface area contributed by atoms with Gasteiger partial charge in [0.25, 0.3) is 0 Å². The lowest BCUT2D eigenvalue weighted by Gasteiger charge is -2.44. The second kappa shape index (κ2) is 5.94. The molecule has 1 aromatic rings. The fourth-order valence-corrected chi connectivity index (χ4v) is 3.89. The Morgan fingerprint density at radius 1 is 1.18 bits per heavy atom. The second-order valence-electron chi connectivity index (χ2n) is 7.87. The van der Waals surface area contributed by atoms with Gasteiger partial charge in [0.2, 0.25) is 5.69 Å². The molecule has 22 heavy (non-hydrogen) atoms. The molecule has 118 valence electrons. The Hall–Kier alpha value is -1.51. The van der Waals surface area contributed by atoms with Crippen molar-refractivity contribution in [2.45, 2.75) is 53.1 Å². The van der Waals surface area contributed by atoms with Gasteiger partial charge in [0, 0.05) is 0 Å². The van der Waals surface area contributed by atoms with Crippen LogP contribution in [0, 0.1) is 17.4 Å². The minimum atomic E-state index is -1.57. The van der Waals surface area contributed by atoms with E-state index >= 15 is 0 Å². The van der Waals surface area contributed by atoms with E-state index in [2.05, 4.69) is 32.5 Å². The monoisotopic (exact) mass is 301 g/mol. The molecule has 0 radical (unpaired) electrons. The maximum Gasteiger partial charge on any atom is 0.487 e. The molecule has 0 amide bonds. The van der Waals surface area contributed by atoms with E-state index in [1.165, 1.54) is 6.07 Å². The number of hydrogen-bond acceptors (Lipinski definition) is 3. The Kier molecular flexibility index (Phi) is 4.55. The van der Waals surface area contributed by atoms with Crippen LogP contribution >= 0.6 is 0 Å². The van der Waals surface area contributed by atoms with Crippen LogP contribution < -0.4 is 10.2 Å². The van der Waals surface area contributed by atoms with Crippen molar-refractivity contribution in [1.29, 1.82) is 0 Å². The standard InChI is InChI=1S/C17H24BNO3/c1-16(2)9-13(10-17(3,4)11-16)22-15-7-6-12(18(20)21)8-14(15)19-5/h6-8,13,20-21H,9-11H2,1-4H3. The van der Waals surface area contributed by atoms with Crippen molar-refractivity contribution in [3.8, 4) is 5.75 Å². The lowest BCUT2D eigenvalue weighted by Crippen LogP contribution is -2.39. The summed E-state index contributed by atoms with van der Waals surface area (Å²) in [4.78, 5) is 3.45. The molecule has 1 aliphatic rings. The Labute approximate surface area is 133 Å². The van der Waals surface area contributed by atoms with Crippen LogP contribution in [0.3, 0.4) is 0 Å². The molecule has 1 aromatic carbocycles. The second-order valence-corrected chi connectivity index (χ2v) is 7.87. The molecule has 1 saturated carbocycles. The van der Waals surface area contributed by atoms with E-state index in [1.54, 1.807) is 12.1 Å². The zero-order valence-corrected chi connectivity index (χ0v) is 13.8. The maximum absolute atomic E-state index is 9.21. The largest absolute Gasteiger partial charge is 0.501 e. The van der Waals surface area contributed by atoms with Gasteiger partial charge in [-0.25, -0.2) is 4.85 Å². The topological polar surface area (TPSA) is 54.0 Å². The quantitative estimate of drug-likeness (QED) is 0.667. The van der Waals surface area contributed by atoms with Gasteiger partial charge in [-0.3, -0.25) is 0 Å². The van der Waals surface area contributed by atoms with Crippen LogP contribution in [0.2, 0.25) is 0 Å². The van der Waals surface area contributed by atoms with Crippen molar-refractivity contribution in [2.24, 2.45) is 10.8 Å². The SMILES string of the molecule is [C-]#[N+]c1cc(B(O)O)ccc1OC1CC(C)(C)CC(C)(C)C1. The smallest absolute Gasteiger partial charge is 0.487 e. The number of hydrogen-bond donors (Lipinski definition) is 2. The van der Waals surface area contributed by atoms with Crippen molar-refractivity contribution in [1.82, 2.24) is 0 Å². The molecular formula is C17H24BNO3. The van der Waals surface area contributed by atoms with Crippen LogP contribution in [0.4, 0.5) is 5.69 Å². The molecule has 4 nitrogen and oxygen atoms in total. The summed E-state index contributed by atoms with van der Waals surface area (Å²) in [5, 5.41) is 18.4. The zero-order valence-electron chi connectivity index (χ0n) is 13.8. The summed E-state index contributed by atoms with van der Waals surface area (Å²) in [6.07, 6.45) is 3.14. The number of ether oxygens (including phenoxy) is 1. The first-order valence-corrected chi connectivity index (χ1v) is 7.66. The Morgan fingerprint density at radius 2 is 1.77 bits per heavy atom. The first-order valence-electron chi connectivity index (χ1n) is 7.66. The summed E-state index contributed by atoms with van der Waals surface area (Å²) in [6, 6.07) is 4.73. The van der Waals surface area contributed by atoms with E-state index in [4.69, 9.17) is 11.3 Å². The van der Waals surface area contributed by atoms with Crippen molar-refractivity contribution >= 4 is 18.3 Å². The third-order valence-electron chi connectivity index (χ3n) is 4.21. The first-order chi connectivity index (χ1) is 10.1. The van der Waals surface area contributed by atoms with Gasteiger partial charge in [-0.2, -0.15) is 0 Å². The molecule has 2 rings (SSSR count). The van der Waals surface area contributed by atoms with Gasteiger partial charge in [-0.1, -0.05) is 39.8 Å². The molecule has 0 heterocycles. The number of nitrogens with zero attached hydrogens (tertiary/aromatic N) is 1. The maximum atomic E-state index is 9.21. The molecule has 1 aliphatic carbocycles. The molecule has 0 atom stereocenters. The normalized spacial score (nSPS) is 20.2. The van der Waals surface area contributed by atoms with E-state index in [-0.39, 0.29) is 16.9 Å². The molecular weight excluding hydrogens is 277 g/mol. The molecule has 1 fully saturated rings. The van der Waals surface area contributed by atoms with Gasteiger partial charge in [0.15, 0.2) is 0 Å². The summed E-state index contributed by atoms with van der Waals surface area (Å²) in [7, 11) is -1.57. The van der Waals surface area contributed by atoms with Crippen molar-refractivity contribution in [3.63, 3.8) is 0 Å². The Morgan fingerprint density at radius 3 is 2.27 bits per heavy atom. The van der Waals surface area contributed by atoms with Gasteiger partial charge in [0.1, 0.15) is 5.75 Å². The molecule has 2 N–H and O–H groups in total. The summed E-state index contributed by atoms with van der Waals surface area (Å²) in [5.41, 5.74) is 1.06. The predicted molar refractivity (Wildman–Crippen MR) is 88.4 cm³/mol. The Balaban J connectivity index is 2.22. The third kappa shape index (κ3) is 4.03. The zero-order chi connectivity index (χ0) is 16.5. The molecule has 0 unspecified atom stereocenters. The third-order valence-corrected chi connectivity index (χ3v) is 4.21. The molecule has 0 spiro atoms. The molecule has 0 aliphatic heterocycles. The summed E-state index contributed by atoms with van der Waals surface area (Å²) in [6.45, 7) is 16.3. The van der Waals surface area contributed by atoms with Crippen LogP contribution in [0.1, 0.15) is 47.0 Å². The van der Waals surface area contributed by atoms with Crippen molar-refractivity contribution < 1.29 is 14.8 Å². The van der Waals surface area contributed by atoms with E-state index in [0.29, 0.717) is 16.9 Å². The van der Waals surface area contributed by atoms with Crippen LogP contribution in [0.15, 0.2) is 18.2 Å². The van der Waals surface area contributed by atoms with Gasteiger partial charge in [0.05, 0.1) is 12.7 Å². The average Bonchev–Trinajstić information content (AvgIpc) is 2.35. The highest BCUT2D eigenvalue weighted by atomic mass is 16.5. The van der Waals surface area contributed by atoms with E-state index < -0.39 is 7.12 Å². The van der Waals surface area contributed by atoms with Gasteiger partial charge in [-0.05, 0) is 41.6 Å². The lowest BCUT2D eigenvalue weighted by molar-refractivity contribution is 0.0138. The minimum Gasteiger partial charge on any atom is -0.501 e. The lowest BCUT2D eigenvalue weighted by atomic mass is 9.64. The average molecular weight is 301 g/mol. The summed E-state index contributed by atoms with van der Waals surface area (Å²) in [5.74, 6) is 0.526. The highest BCUT2D eigenvalue weighted by molar-refractivity contribution is 6.58. The van der Waals surface area contributed by atoms with E-state index in [0.717, 1.165) is 19.3 Å². The Bertz CT molecular complexity index is 574. The predicted octanol–water partition coefficient (Wildman–Crippen LogP) is 2.90. The van der Waals surface area contributed by atoms with Crippen LogP contribution in [0.5, 0.6) is 5.75 Å². The molecule has 0 bridgehead atoms. The van der Waals surface area contributed by atoms with Gasteiger partial charge in [-0.15, -0.1) is 0 Å². The van der Waals surface area contributed by atoms with Crippen LogP contribution in [-0.4, -0.2) is 23.3 Å². The van der Waals surface area contributed by atoms with Gasteiger partial charge >= 0.3 is 7.12 Å². The van der Waals surface area contributed by atoms with Crippen molar-refractivity contribution in [2.75, 3.05) is 0 Å². The highest BCUT2D eigenvalue weighted by Gasteiger charge is 2.39. The number of benzene rings is 1. The molecule has 0 saturated heterocycles. The molecule has 5 heteroatoms. The fraction of sp³-hybridized carbons (Fsp3) is 0.588. The summed E-state index contributed by atoms with van der Waals surface area (Å²) < 4.78 is 6.11. The summed E-state index contributed by atoms with van der Waals surface area (Å²) >= 11 is 0. The number of rotatable bonds is 3. The fourth-order valence-electron chi connectivity index (χ4n) is 3.89. The first kappa shape index (κ1) is 16.9. The van der Waals surface area contributed by atoms with E-state index in [9.17, 15) is 10.0 Å². The van der Waals surface area contributed by atoms with Crippen LogP contribution in [-0.2, 0) is 0 Å². The van der Waals surface area contributed by atoms with Crippen molar-refractivity contribution in [3.05, 3.63) is 29.6 Å².